The molecule has 0 aliphatic heterocycles. The Morgan fingerprint density at radius 2 is 1.76 bits per heavy atom. The molecule has 0 N–H and O–H groups in total. The molecule has 0 fully saturated rings. The SMILES string of the molecule is CCOP(=O)(CCCCCn1c(=O)c2c(ncn2CCOC)n(C)c1=O)OCC. The lowest BCUT2D eigenvalue weighted by atomic mass is 10.2. The third-order valence-corrected chi connectivity index (χ3v) is 6.77. The van der Waals surface area contributed by atoms with Gasteiger partial charge in [0, 0.05) is 27.2 Å². The van der Waals surface area contributed by atoms with E-state index in [-0.39, 0.29) is 12.1 Å². The lowest BCUT2D eigenvalue weighted by Crippen LogP contribution is -2.39. The summed E-state index contributed by atoms with van der Waals surface area (Å²) in [4.78, 5) is 29.7. The molecule has 2 aromatic rings. The highest BCUT2D eigenvalue weighted by molar-refractivity contribution is 7.53. The summed E-state index contributed by atoms with van der Waals surface area (Å²) in [7, 11) is 0.134. The minimum atomic E-state index is -3.06. The molecule has 0 unspecified atom stereocenters. The second kappa shape index (κ2) is 10.9. The Hall–Kier alpha value is -1.74. The van der Waals surface area contributed by atoms with Crippen LogP contribution in [0.3, 0.4) is 0 Å². The van der Waals surface area contributed by atoms with Crippen molar-refractivity contribution in [2.45, 2.75) is 46.2 Å². The van der Waals surface area contributed by atoms with E-state index in [0.717, 1.165) is 0 Å². The number of aryl methyl sites for hydroxylation is 1. The summed E-state index contributed by atoms with van der Waals surface area (Å²) in [6, 6.07) is 0. The molecular formula is C18H31N4O6P. The maximum atomic E-state index is 12.9. The summed E-state index contributed by atoms with van der Waals surface area (Å²) < 4.78 is 32.4. The first-order valence-corrected chi connectivity index (χ1v) is 11.6. The molecule has 2 rings (SSSR count). The number of unbranched alkanes of at least 4 members (excludes halogenated alkanes) is 2. The average Bonchev–Trinajstić information content (AvgIpc) is 3.11. The molecule has 164 valence electrons. The zero-order chi connectivity index (χ0) is 21.4. The zero-order valence-electron chi connectivity index (χ0n) is 17.6. The van der Waals surface area contributed by atoms with Crippen molar-refractivity contribution < 1.29 is 18.3 Å². The van der Waals surface area contributed by atoms with Crippen LogP contribution in [0, 0.1) is 0 Å². The van der Waals surface area contributed by atoms with Crippen molar-refractivity contribution >= 4 is 18.8 Å². The summed E-state index contributed by atoms with van der Waals surface area (Å²) >= 11 is 0. The second-order valence-corrected chi connectivity index (χ2v) is 8.82. The van der Waals surface area contributed by atoms with Crippen molar-refractivity contribution in [2.24, 2.45) is 7.05 Å². The molecule has 2 aromatic heterocycles. The van der Waals surface area contributed by atoms with Gasteiger partial charge in [0.05, 0.1) is 32.3 Å². The minimum absolute atomic E-state index is 0.282. The van der Waals surface area contributed by atoms with Crippen LogP contribution in [0.2, 0.25) is 0 Å². The first-order chi connectivity index (χ1) is 13.9. The van der Waals surface area contributed by atoms with E-state index in [1.807, 2.05) is 0 Å². The summed E-state index contributed by atoms with van der Waals surface area (Å²) in [5, 5.41) is 0. The Kier molecular flexibility index (Phi) is 8.82. The third kappa shape index (κ3) is 5.66. The summed E-state index contributed by atoms with van der Waals surface area (Å²) in [6.45, 7) is 5.42. The van der Waals surface area contributed by atoms with E-state index in [0.29, 0.717) is 63.0 Å². The number of hydrogen-bond acceptors (Lipinski definition) is 7. The number of hydrogen-bond donors (Lipinski definition) is 0. The van der Waals surface area contributed by atoms with Crippen molar-refractivity contribution in [1.82, 2.24) is 18.7 Å². The highest BCUT2D eigenvalue weighted by atomic mass is 31.2. The van der Waals surface area contributed by atoms with E-state index in [2.05, 4.69) is 4.98 Å². The molecule has 0 saturated heterocycles. The van der Waals surface area contributed by atoms with E-state index in [4.69, 9.17) is 13.8 Å². The van der Waals surface area contributed by atoms with Gasteiger partial charge >= 0.3 is 13.3 Å². The van der Waals surface area contributed by atoms with Crippen LogP contribution < -0.4 is 11.2 Å². The molecule has 0 radical (unpaired) electrons. The number of imidazole rings is 1. The van der Waals surface area contributed by atoms with Crippen molar-refractivity contribution in [3.8, 4) is 0 Å². The van der Waals surface area contributed by atoms with Gasteiger partial charge in [-0.2, -0.15) is 0 Å². The Bertz CT molecular complexity index is 954. The van der Waals surface area contributed by atoms with Gasteiger partial charge in [-0.3, -0.25) is 18.5 Å². The Balaban J connectivity index is 2.09. The van der Waals surface area contributed by atoms with Crippen molar-refractivity contribution in [2.75, 3.05) is 33.1 Å². The smallest absolute Gasteiger partial charge is 0.332 e. The number of methoxy groups -OCH3 is 1. The van der Waals surface area contributed by atoms with E-state index in [1.54, 1.807) is 38.9 Å². The van der Waals surface area contributed by atoms with Gasteiger partial charge in [0.1, 0.15) is 0 Å². The largest absolute Gasteiger partial charge is 0.383 e. The topological polar surface area (TPSA) is 107 Å². The fraction of sp³-hybridized carbons (Fsp3) is 0.722. The second-order valence-electron chi connectivity index (χ2n) is 6.63. The summed E-state index contributed by atoms with van der Waals surface area (Å²) in [6.07, 6.45) is 3.80. The molecule has 11 heteroatoms. The quantitative estimate of drug-likeness (QED) is 0.353. The van der Waals surface area contributed by atoms with Crippen molar-refractivity contribution in [3.05, 3.63) is 27.2 Å². The van der Waals surface area contributed by atoms with E-state index >= 15 is 0 Å². The normalized spacial score (nSPS) is 12.1. The third-order valence-electron chi connectivity index (χ3n) is 4.60. The fourth-order valence-corrected chi connectivity index (χ4v) is 4.92. The predicted octanol–water partition coefficient (Wildman–Crippen LogP) is 1.98. The van der Waals surface area contributed by atoms with Crippen molar-refractivity contribution in [1.29, 1.82) is 0 Å². The lowest BCUT2D eigenvalue weighted by molar-refractivity contribution is 0.188. The lowest BCUT2D eigenvalue weighted by Gasteiger charge is -2.16. The number of rotatable bonds is 13. The number of ether oxygens (including phenoxy) is 1. The Morgan fingerprint density at radius 3 is 2.38 bits per heavy atom. The van der Waals surface area contributed by atoms with Crippen LogP contribution in [0.15, 0.2) is 15.9 Å². The van der Waals surface area contributed by atoms with Gasteiger partial charge in [-0.25, -0.2) is 9.78 Å². The van der Waals surface area contributed by atoms with Gasteiger partial charge in [0.15, 0.2) is 11.2 Å². The van der Waals surface area contributed by atoms with Gasteiger partial charge in [0.2, 0.25) is 0 Å². The van der Waals surface area contributed by atoms with Gasteiger partial charge in [-0.05, 0) is 26.7 Å². The molecule has 10 nitrogen and oxygen atoms in total. The van der Waals surface area contributed by atoms with Crippen molar-refractivity contribution in [3.63, 3.8) is 0 Å². The molecule has 0 aliphatic rings. The molecule has 0 spiro atoms. The zero-order valence-corrected chi connectivity index (χ0v) is 18.5. The van der Waals surface area contributed by atoms with Crippen LogP contribution in [0.25, 0.3) is 11.2 Å². The molecule has 0 saturated carbocycles. The summed E-state index contributed by atoms with van der Waals surface area (Å²) in [5.74, 6) is 0. The predicted molar refractivity (Wildman–Crippen MR) is 111 cm³/mol. The summed E-state index contributed by atoms with van der Waals surface area (Å²) in [5.41, 5.74) is 0.00265. The fourth-order valence-electron chi connectivity index (χ4n) is 3.19. The highest BCUT2D eigenvalue weighted by Crippen LogP contribution is 2.48. The van der Waals surface area contributed by atoms with Crippen LogP contribution in [0.4, 0.5) is 0 Å². The van der Waals surface area contributed by atoms with Gasteiger partial charge < -0.3 is 18.4 Å². The Morgan fingerprint density at radius 1 is 1.07 bits per heavy atom. The maximum absolute atomic E-state index is 12.9. The van der Waals surface area contributed by atoms with Gasteiger partial charge in [-0.1, -0.05) is 6.42 Å². The molecule has 29 heavy (non-hydrogen) atoms. The maximum Gasteiger partial charge on any atom is 0.332 e. The number of fused-ring (bicyclic) bond motifs is 1. The molecule has 0 bridgehead atoms. The molecule has 0 atom stereocenters. The molecule has 2 heterocycles. The van der Waals surface area contributed by atoms with Crippen LogP contribution in [0.5, 0.6) is 0 Å². The monoisotopic (exact) mass is 430 g/mol. The molecule has 0 aromatic carbocycles. The van der Waals surface area contributed by atoms with Crippen LogP contribution in [0.1, 0.15) is 33.1 Å². The molecule has 0 amide bonds. The average molecular weight is 430 g/mol. The molecule has 0 aliphatic carbocycles. The number of nitrogens with zero attached hydrogens (tertiary/aromatic N) is 4. The van der Waals surface area contributed by atoms with Gasteiger partial charge in [-0.15, -0.1) is 0 Å². The van der Waals surface area contributed by atoms with E-state index < -0.39 is 13.3 Å². The first kappa shape index (κ1) is 23.5. The van der Waals surface area contributed by atoms with Crippen LogP contribution >= 0.6 is 7.60 Å². The van der Waals surface area contributed by atoms with Crippen LogP contribution in [-0.2, 0) is 38.5 Å². The highest BCUT2D eigenvalue weighted by Gasteiger charge is 2.22. The Labute approximate surface area is 169 Å². The van der Waals surface area contributed by atoms with Gasteiger partial charge in [0.25, 0.3) is 5.56 Å². The first-order valence-electron chi connectivity index (χ1n) is 9.90. The number of aromatic nitrogens is 4. The van der Waals surface area contributed by atoms with Crippen LogP contribution in [-0.4, -0.2) is 51.8 Å². The van der Waals surface area contributed by atoms with E-state index in [1.165, 1.54) is 9.13 Å². The molecular weight excluding hydrogens is 399 g/mol. The standard InChI is InChI=1S/C18H31N4O6P/c1-5-27-29(25,28-6-2)13-9-7-8-10-22-17(23)15-16(20(3)18(22)24)19-14-21(15)11-12-26-4/h14H,5-13H2,1-4H3. The van der Waals surface area contributed by atoms with E-state index in [9.17, 15) is 14.2 Å². The minimum Gasteiger partial charge on any atom is -0.383 e.